The van der Waals surface area contributed by atoms with E-state index in [2.05, 4.69) is 24.0 Å². The zero-order valence-electron chi connectivity index (χ0n) is 19.8. The molecule has 0 unspecified atom stereocenters. The predicted molar refractivity (Wildman–Crippen MR) is 125 cm³/mol. The first-order chi connectivity index (χ1) is 18.4. The van der Waals surface area contributed by atoms with Gasteiger partial charge in [-0.2, -0.15) is 4.98 Å². The molecule has 0 aliphatic carbocycles. The molecule has 0 saturated carbocycles. The van der Waals surface area contributed by atoms with Crippen molar-refractivity contribution in [3.63, 3.8) is 0 Å². The van der Waals surface area contributed by atoms with Crippen molar-refractivity contribution in [2.24, 2.45) is 0 Å². The lowest BCUT2D eigenvalue weighted by Crippen LogP contribution is -2.48. The van der Waals surface area contributed by atoms with Gasteiger partial charge in [-0.25, -0.2) is 14.1 Å². The van der Waals surface area contributed by atoms with Crippen molar-refractivity contribution in [2.75, 3.05) is 18.9 Å². The Labute approximate surface area is 221 Å². The summed E-state index contributed by atoms with van der Waals surface area (Å²) in [6, 6.07) is 0. The molecule has 24 heteroatoms. The Hall–Kier alpha value is -2.24. The molecule has 0 radical (unpaired) electrons. The maximum Gasteiger partial charge on any atom is 0.470 e. The molecule has 1 saturated heterocycles. The molecule has 8 atom stereocenters. The van der Waals surface area contributed by atoms with Crippen LogP contribution in [0.5, 0.6) is 0 Å². The monoisotopic (exact) mass is 623 g/mol. The predicted octanol–water partition coefficient (Wildman–Crippen LogP) is -5.83. The fourth-order valence-corrected chi connectivity index (χ4v) is 4.41. The lowest BCUT2D eigenvalue weighted by molar-refractivity contribution is -0.133. The van der Waals surface area contributed by atoms with Crippen molar-refractivity contribution in [1.29, 1.82) is 0 Å². The number of nitrogen functional groups attached to an aromatic ring is 1. The first kappa shape index (κ1) is 34.0. The third kappa shape index (κ3) is 8.63. The number of aromatic amines is 1. The number of hydrogen-bond donors (Lipinski definition) is 12. The molecule has 1 aliphatic heterocycles. The van der Waals surface area contributed by atoms with Gasteiger partial charge in [0.1, 0.15) is 36.6 Å². The van der Waals surface area contributed by atoms with Crippen molar-refractivity contribution in [1.82, 2.24) is 19.5 Å². The van der Waals surface area contributed by atoms with Crippen molar-refractivity contribution >= 4 is 39.0 Å². The van der Waals surface area contributed by atoms with Gasteiger partial charge in [0.05, 0.1) is 19.5 Å². The Morgan fingerprint density at radius 3 is 2.20 bits per heavy atom. The van der Waals surface area contributed by atoms with Gasteiger partial charge in [0.15, 0.2) is 29.8 Å². The van der Waals surface area contributed by atoms with E-state index in [9.17, 15) is 34.0 Å². The number of aliphatic hydroxyl groups is 6. The van der Waals surface area contributed by atoms with E-state index >= 15 is 0 Å². The molecular weight excluding hydrogens is 596 g/mol. The second kappa shape index (κ2) is 13.6. The number of aldehydes is 1. The molecule has 0 bridgehead atoms. The zero-order valence-corrected chi connectivity index (χ0v) is 21.6. The highest BCUT2D eigenvalue weighted by molar-refractivity contribution is 7.46. The highest BCUT2D eigenvalue weighted by Gasteiger charge is 2.44. The molecule has 40 heavy (non-hydrogen) atoms. The van der Waals surface area contributed by atoms with Gasteiger partial charge >= 0.3 is 15.6 Å². The number of carbonyl (C=O) groups excluding carboxylic acids is 1. The van der Waals surface area contributed by atoms with Crippen LogP contribution in [0.15, 0.2) is 11.1 Å². The van der Waals surface area contributed by atoms with Gasteiger partial charge in [-0.05, 0) is 0 Å². The van der Waals surface area contributed by atoms with Crippen LogP contribution in [0.4, 0.5) is 5.95 Å². The molecule has 0 amide bonds. The number of nitrogens with one attached hydrogen (secondary N) is 1. The van der Waals surface area contributed by atoms with E-state index in [0.717, 1.165) is 0 Å². The number of ether oxygens (including phenoxy) is 1. The molecule has 0 aromatic carbocycles. The van der Waals surface area contributed by atoms with Crippen molar-refractivity contribution < 1.29 is 77.9 Å². The average Bonchev–Trinajstić information content (AvgIpc) is 3.40. The number of carbonyl (C=O) groups is 1. The van der Waals surface area contributed by atoms with E-state index in [0.29, 0.717) is 0 Å². The maximum atomic E-state index is 11.7. The van der Waals surface area contributed by atoms with Crippen LogP contribution in [-0.2, 0) is 27.7 Å². The van der Waals surface area contributed by atoms with Gasteiger partial charge < -0.3 is 65.5 Å². The molecule has 1 fully saturated rings. The summed E-state index contributed by atoms with van der Waals surface area (Å²) in [7, 11) is -10.6. The maximum absolute atomic E-state index is 11.7. The third-order valence-corrected chi connectivity index (χ3v) is 6.17. The summed E-state index contributed by atoms with van der Waals surface area (Å²) < 4.78 is 35.8. The second-order valence-corrected chi connectivity index (χ2v) is 10.4. The second-order valence-electron chi connectivity index (χ2n) is 8.00. The number of fused-ring (bicyclic) bond motifs is 1. The van der Waals surface area contributed by atoms with Crippen molar-refractivity contribution in [3.05, 3.63) is 16.7 Å². The normalized spacial score (nSPS) is 24.6. The van der Waals surface area contributed by atoms with E-state index in [-0.39, 0.29) is 23.4 Å². The van der Waals surface area contributed by atoms with Crippen LogP contribution in [0.1, 0.15) is 6.23 Å². The Morgan fingerprint density at radius 2 is 1.73 bits per heavy atom. The summed E-state index contributed by atoms with van der Waals surface area (Å²) in [6.07, 6.45) is -12.4. The van der Waals surface area contributed by atoms with E-state index in [4.69, 9.17) is 45.4 Å². The Bertz CT molecular complexity index is 1290. The molecule has 3 heterocycles. The minimum atomic E-state index is -5.30. The largest absolute Gasteiger partial charge is 0.470 e. The summed E-state index contributed by atoms with van der Waals surface area (Å²) in [4.78, 5) is 66.7. The van der Waals surface area contributed by atoms with Crippen LogP contribution in [0.2, 0.25) is 0 Å². The van der Waals surface area contributed by atoms with Crippen LogP contribution in [0, 0.1) is 0 Å². The zero-order chi connectivity index (χ0) is 30.6. The molecule has 22 nitrogen and oxygen atoms in total. The van der Waals surface area contributed by atoms with Gasteiger partial charge in [0.25, 0.3) is 5.56 Å². The van der Waals surface area contributed by atoms with Gasteiger partial charge in [-0.1, -0.05) is 0 Å². The standard InChI is InChI=1S/C10H13N5O5.C6H14O12P2/c11-10-13-7-4(8(19)14-10)12-2-15(7)9-6(18)5(17)3(1-16)20-9;7-1-3(9)5(10)6(18-20(14,15)16)4(2-8)17-19(11,12)13/h2-3,5-6,9,16-18H,1H2,(H3,11,13,14,19);2-7,9-10H,1H2,(H2,11,12,13)(H2,14,15,16)/t3-,5-,6-,9-;3-,4+,5-,6-/m11/s1. The fraction of sp³-hybridized carbons (Fsp3) is 0.625. The van der Waals surface area contributed by atoms with Gasteiger partial charge in [-0.15, -0.1) is 0 Å². The average molecular weight is 623 g/mol. The van der Waals surface area contributed by atoms with Crippen LogP contribution in [-0.4, -0.2) is 132 Å². The first-order valence-electron chi connectivity index (χ1n) is 10.7. The topological polar surface area (TPSA) is 371 Å². The number of imidazole rings is 1. The lowest BCUT2D eigenvalue weighted by Gasteiger charge is -2.29. The first-order valence-corrected chi connectivity index (χ1v) is 13.7. The third-order valence-electron chi connectivity index (χ3n) is 5.14. The number of H-pyrrole nitrogens is 1. The van der Waals surface area contributed by atoms with Crippen molar-refractivity contribution in [2.45, 2.75) is 49.0 Å². The number of phosphoric ester groups is 2. The van der Waals surface area contributed by atoms with Crippen molar-refractivity contribution in [3.8, 4) is 0 Å². The molecule has 3 rings (SSSR count). The van der Waals surface area contributed by atoms with Gasteiger partial charge in [0.2, 0.25) is 5.95 Å². The molecular formula is C16H27N5O17P2. The number of rotatable bonds is 11. The number of nitrogens with zero attached hydrogens (tertiary/aromatic N) is 3. The summed E-state index contributed by atoms with van der Waals surface area (Å²) >= 11 is 0. The van der Waals surface area contributed by atoms with E-state index in [1.54, 1.807) is 0 Å². The fourth-order valence-electron chi connectivity index (χ4n) is 3.36. The highest BCUT2D eigenvalue weighted by atomic mass is 31.2. The smallest absolute Gasteiger partial charge is 0.394 e. The Kier molecular flexibility index (Phi) is 11.6. The molecule has 228 valence electrons. The van der Waals surface area contributed by atoms with E-state index in [1.807, 2.05) is 0 Å². The van der Waals surface area contributed by atoms with Gasteiger partial charge in [0, 0.05) is 0 Å². The SMILES string of the molecule is Nc1nc2c(ncn2[C@@H]2O[C@H](CO)[C@@H](O)[C@H]2O)c(=O)[nH]1.O=C[C@H](OP(=O)(O)O)[C@@H](OP(=O)(O)O)[C@H](O)[C@H](O)CO. The number of nitrogens with two attached hydrogens (primary N) is 1. The molecule has 2 aromatic rings. The minimum absolute atomic E-state index is 0.0388. The highest BCUT2D eigenvalue weighted by Crippen LogP contribution is 2.43. The molecule has 13 N–H and O–H groups in total. The number of hydrogen-bond acceptors (Lipinski definition) is 16. The van der Waals surface area contributed by atoms with Crippen LogP contribution < -0.4 is 11.3 Å². The number of aliphatic hydroxyl groups excluding tert-OH is 6. The van der Waals surface area contributed by atoms with Crippen LogP contribution in [0.25, 0.3) is 11.2 Å². The molecule has 1 aliphatic rings. The summed E-state index contributed by atoms with van der Waals surface area (Å²) in [6.45, 7) is -1.53. The van der Waals surface area contributed by atoms with Crippen LogP contribution in [0.3, 0.4) is 0 Å². The number of phosphoric acid groups is 2. The lowest BCUT2D eigenvalue weighted by atomic mass is 10.0. The Balaban J connectivity index is 0.000000280. The minimum Gasteiger partial charge on any atom is -0.394 e. The van der Waals surface area contributed by atoms with E-state index in [1.165, 1.54) is 10.9 Å². The molecule has 0 spiro atoms. The summed E-state index contributed by atoms with van der Waals surface area (Å²) in [5.74, 6) is -0.101. The summed E-state index contributed by atoms with van der Waals surface area (Å²) in [5.41, 5.74) is 5.12. The van der Waals surface area contributed by atoms with Gasteiger partial charge in [-0.3, -0.25) is 23.4 Å². The number of anilines is 1. The Morgan fingerprint density at radius 1 is 1.12 bits per heavy atom. The van der Waals surface area contributed by atoms with E-state index < -0.39 is 83.4 Å². The van der Waals surface area contributed by atoms with Crippen LogP contribution >= 0.6 is 15.6 Å². The quantitative estimate of drug-likeness (QED) is 0.0818. The summed E-state index contributed by atoms with van der Waals surface area (Å²) in [5, 5.41) is 55.9. The molecule has 2 aromatic heterocycles. The number of aromatic nitrogens is 4.